The second kappa shape index (κ2) is 11.5. The fraction of sp³-hybridized carbons (Fsp3) is 0.237. The average Bonchev–Trinajstić information content (AvgIpc) is 3.44. The van der Waals surface area contributed by atoms with Crippen LogP contribution in [0.2, 0.25) is 0 Å². The van der Waals surface area contributed by atoms with Gasteiger partial charge in [0.2, 0.25) is 0 Å². The molecule has 7 rings (SSSR count). The van der Waals surface area contributed by atoms with Gasteiger partial charge in [0.15, 0.2) is 5.76 Å². The first-order chi connectivity index (χ1) is 20.7. The highest BCUT2D eigenvalue weighted by Crippen LogP contribution is 2.39. The topological polar surface area (TPSA) is 45.5 Å². The first kappa shape index (κ1) is 26.5. The number of nitrogens with one attached hydrogen (secondary N) is 1. The molecule has 3 heterocycles. The van der Waals surface area contributed by atoms with Gasteiger partial charge in [0.05, 0.1) is 6.54 Å². The molecule has 0 saturated carbocycles. The Morgan fingerprint density at radius 2 is 1.57 bits per heavy atom. The molecule has 1 fully saturated rings. The van der Waals surface area contributed by atoms with Crippen molar-refractivity contribution in [1.82, 2.24) is 5.32 Å². The van der Waals surface area contributed by atoms with E-state index in [9.17, 15) is 4.79 Å². The monoisotopic (exact) mass is 552 g/mol. The average molecular weight is 553 g/mol. The van der Waals surface area contributed by atoms with Crippen LogP contribution in [0.5, 0.6) is 0 Å². The van der Waals surface area contributed by atoms with E-state index < -0.39 is 0 Å². The molecule has 0 bridgehead atoms. The van der Waals surface area contributed by atoms with Gasteiger partial charge in [0.25, 0.3) is 5.91 Å². The number of piperidine rings is 1. The van der Waals surface area contributed by atoms with E-state index >= 15 is 0 Å². The van der Waals surface area contributed by atoms with Gasteiger partial charge in [-0.1, -0.05) is 97.9 Å². The van der Waals surface area contributed by atoms with Crippen molar-refractivity contribution < 1.29 is 9.21 Å². The lowest BCUT2D eigenvalue weighted by atomic mass is 9.88. The molecular weight excluding hydrogens is 516 g/mol. The summed E-state index contributed by atoms with van der Waals surface area (Å²) in [6.07, 6.45) is 3.94. The third-order valence-corrected chi connectivity index (χ3v) is 8.91. The fourth-order valence-corrected chi connectivity index (χ4v) is 6.53. The van der Waals surface area contributed by atoms with Crippen molar-refractivity contribution in [3.05, 3.63) is 137 Å². The number of fused-ring (bicyclic) bond motifs is 2. The highest BCUT2D eigenvalue weighted by atomic mass is 16.4. The van der Waals surface area contributed by atoms with Crippen LogP contribution >= 0.6 is 0 Å². The predicted molar refractivity (Wildman–Crippen MR) is 170 cm³/mol. The molecule has 1 N–H and O–H groups in total. The molecule has 2 aliphatic heterocycles. The minimum atomic E-state index is -0.0855. The maximum absolute atomic E-state index is 14.4. The van der Waals surface area contributed by atoms with Crippen molar-refractivity contribution in [3.8, 4) is 22.5 Å². The molecule has 0 spiro atoms. The van der Waals surface area contributed by atoms with Crippen LogP contribution in [-0.2, 0) is 19.4 Å². The number of hydrogen-bond acceptors (Lipinski definition) is 3. The lowest BCUT2D eigenvalue weighted by Crippen LogP contribution is -2.30. The summed E-state index contributed by atoms with van der Waals surface area (Å²) in [4.78, 5) is 16.3. The number of nitrogens with zero attached hydrogens (tertiary/aromatic N) is 1. The fourth-order valence-electron chi connectivity index (χ4n) is 6.53. The second-order valence-corrected chi connectivity index (χ2v) is 11.5. The molecule has 4 heteroatoms. The number of aryl methyl sites for hydroxylation is 1. The molecule has 5 aromatic rings. The van der Waals surface area contributed by atoms with Gasteiger partial charge in [-0.25, -0.2) is 0 Å². The molecule has 0 unspecified atom stereocenters. The van der Waals surface area contributed by atoms with Gasteiger partial charge in [0.1, 0.15) is 5.76 Å². The van der Waals surface area contributed by atoms with Gasteiger partial charge in [0, 0.05) is 23.2 Å². The number of furan rings is 1. The lowest BCUT2D eigenvalue weighted by molar-refractivity contribution is 0.0959. The second-order valence-electron chi connectivity index (χ2n) is 11.5. The Bertz CT molecular complexity index is 1710. The summed E-state index contributed by atoms with van der Waals surface area (Å²) in [5, 5.41) is 3.49. The van der Waals surface area contributed by atoms with Crippen LogP contribution in [0.25, 0.3) is 22.5 Å². The summed E-state index contributed by atoms with van der Waals surface area (Å²) < 4.78 is 6.42. The largest absolute Gasteiger partial charge is 0.451 e. The summed E-state index contributed by atoms with van der Waals surface area (Å²) in [5.41, 5.74) is 10.2. The lowest BCUT2D eigenvalue weighted by Gasteiger charge is -2.27. The van der Waals surface area contributed by atoms with Crippen molar-refractivity contribution in [2.45, 2.75) is 45.1 Å². The van der Waals surface area contributed by atoms with E-state index in [4.69, 9.17) is 4.42 Å². The van der Waals surface area contributed by atoms with Crippen molar-refractivity contribution >= 4 is 11.6 Å². The molecular formula is C38H36N2O2. The van der Waals surface area contributed by atoms with E-state index in [0.29, 0.717) is 24.6 Å². The number of hydrogen-bond donors (Lipinski definition) is 1. The van der Waals surface area contributed by atoms with E-state index in [1.807, 2.05) is 11.0 Å². The molecule has 4 nitrogen and oxygen atoms in total. The van der Waals surface area contributed by atoms with E-state index in [2.05, 4.69) is 109 Å². The van der Waals surface area contributed by atoms with Crippen LogP contribution < -0.4 is 10.2 Å². The minimum Gasteiger partial charge on any atom is -0.451 e. The number of benzene rings is 4. The number of amides is 1. The maximum atomic E-state index is 14.4. The first-order valence-corrected chi connectivity index (χ1v) is 15.2. The van der Waals surface area contributed by atoms with Crippen molar-refractivity contribution in [3.63, 3.8) is 0 Å². The van der Waals surface area contributed by atoms with Crippen LogP contribution in [0.4, 0.5) is 5.69 Å². The highest BCUT2D eigenvalue weighted by molar-refractivity contribution is 6.07. The van der Waals surface area contributed by atoms with Gasteiger partial charge in [-0.3, -0.25) is 4.79 Å². The van der Waals surface area contributed by atoms with E-state index in [-0.39, 0.29) is 5.91 Å². The van der Waals surface area contributed by atoms with Gasteiger partial charge < -0.3 is 14.6 Å². The van der Waals surface area contributed by atoms with Crippen molar-refractivity contribution in [2.75, 3.05) is 18.0 Å². The molecule has 1 saturated heterocycles. The Balaban J connectivity index is 1.32. The van der Waals surface area contributed by atoms with Crippen LogP contribution in [0.15, 0.2) is 108 Å². The standard InChI is InChI=1S/C38H36N2O2/c1-2-26-12-14-29(15-13-26)36-24-33-23-32-22-30(27-18-20-39-21-19-27)16-17-35(32)40(38(41)37(33)42-36)25-31-10-6-7-11-34(31)28-8-4-3-5-9-28/h3-17,22,24,27,39H,2,18-21,23,25H2,1H3. The van der Waals surface area contributed by atoms with Crippen LogP contribution in [0.1, 0.15) is 64.1 Å². The van der Waals surface area contributed by atoms with Gasteiger partial charge >= 0.3 is 0 Å². The third-order valence-electron chi connectivity index (χ3n) is 8.91. The molecule has 0 atom stereocenters. The molecule has 210 valence electrons. The molecule has 1 aromatic heterocycles. The molecule has 42 heavy (non-hydrogen) atoms. The van der Waals surface area contributed by atoms with E-state index in [0.717, 1.165) is 71.6 Å². The number of carbonyl (C=O) groups excluding carboxylic acids is 1. The van der Waals surface area contributed by atoms with Gasteiger partial charge in [-0.05, 0) is 83.8 Å². The summed E-state index contributed by atoms with van der Waals surface area (Å²) in [5.74, 6) is 1.65. The first-order valence-electron chi connectivity index (χ1n) is 15.2. The quantitative estimate of drug-likeness (QED) is 0.230. The van der Waals surface area contributed by atoms with Crippen molar-refractivity contribution in [1.29, 1.82) is 0 Å². The van der Waals surface area contributed by atoms with Crippen LogP contribution in [0, 0.1) is 0 Å². The zero-order chi connectivity index (χ0) is 28.5. The molecule has 0 aliphatic carbocycles. The molecule has 1 amide bonds. The van der Waals surface area contributed by atoms with Gasteiger partial charge in [-0.15, -0.1) is 0 Å². The highest BCUT2D eigenvalue weighted by Gasteiger charge is 2.32. The number of rotatable bonds is 6. The Hall–Kier alpha value is -4.41. The normalized spacial score (nSPS) is 15.3. The third kappa shape index (κ3) is 5.08. The SMILES string of the molecule is CCc1ccc(-c2cc3c(o2)C(=O)N(Cc2ccccc2-c2ccccc2)c2ccc(C4CCNCC4)cc2C3)cc1. The molecule has 0 radical (unpaired) electrons. The Kier molecular flexibility index (Phi) is 7.23. The van der Waals surface area contributed by atoms with Gasteiger partial charge in [-0.2, -0.15) is 0 Å². The van der Waals surface area contributed by atoms with Crippen molar-refractivity contribution in [2.24, 2.45) is 0 Å². The number of carbonyl (C=O) groups is 1. The summed E-state index contributed by atoms with van der Waals surface area (Å²) in [6.45, 7) is 4.72. The summed E-state index contributed by atoms with van der Waals surface area (Å²) >= 11 is 0. The predicted octanol–water partition coefficient (Wildman–Crippen LogP) is 8.39. The number of anilines is 1. The van der Waals surface area contributed by atoms with E-state index in [1.165, 1.54) is 16.7 Å². The van der Waals surface area contributed by atoms with E-state index in [1.54, 1.807) is 0 Å². The Morgan fingerprint density at radius 1 is 0.810 bits per heavy atom. The zero-order valence-electron chi connectivity index (χ0n) is 24.1. The Labute approximate surface area is 248 Å². The summed E-state index contributed by atoms with van der Waals surface area (Å²) in [7, 11) is 0. The zero-order valence-corrected chi connectivity index (χ0v) is 24.1. The molecule has 2 aliphatic rings. The minimum absolute atomic E-state index is 0.0855. The maximum Gasteiger partial charge on any atom is 0.294 e. The van der Waals surface area contributed by atoms with Crippen LogP contribution in [-0.4, -0.2) is 19.0 Å². The smallest absolute Gasteiger partial charge is 0.294 e. The van der Waals surface area contributed by atoms with Crippen LogP contribution in [0.3, 0.4) is 0 Å². The molecule has 4 aromatic carbocycles. The summed E-state index contributed by atoms with van der Waals surface area (Å²) in [6, 6.07) is 36.1. The Morgan fingerprint density at radius 3 is 2.36 bits per heavy atom.